The number of halogens is 1. The van der Waals surface area contributed by atoms with Gasteiger partial charge in [0.05, 0.1) is 0 Å². The van der Waals surface area contributed by atoms with Crippen molar-refractivity contribution in [2.24, 2.45) is 10.2 Å². The minimum absolute atomic E-state index is 0.149. The van der Waals surface area contributed by atoms with Crippen LogP contribution >= 0.6 is 11.6 Å². The van der Waals surface area contributed by atoms with Crippen molar-refractivity contribution in [1.29, 1.82) is 0 Å². The van der Waals surface area contributed by atoms with Crippen LogP contribution in [-0.2, 0) is 16.1 Å². The van der Waals surface area contributed by atoms with E-state index in [9.17, 15) is 9.59 Å². The number of hydrogen-bond acceptors (Lipinski definition) is 4. The number of carboxylic acid groups (broad SMARTS) is 1. The molecule has 0 saturated heterocycles. The SMILES string of the molecule is C#CCCC1(CCC(=O)N(CC(=O)O)Cc2ccccc2Cl)N=N1. The molecule has 0 atom stereocenters. The van der Waals surface area contributed by atoms with Crippen molar-refractivity contribution in [2.45, 2.75) is 37.9 Å². The molecule has 0 aliphatic carbocycles. The number of benzene rings is 1. The van der Waals surface area contributed by atoms with Gasteiger partial charge in [0.2, 0.25) is 5.91 Å². The second-order valence-corrected chi connectivity index (χ2v) is 6.03. The normalized spacial score (nSPS) is 14.0. The standard InChI is InChI=1S/C17H18ClN3O3/c1-2-3-9-17(19-20-17)10-8-15(22)21(12-16(23)24)11-13-6-4-5-7-14(13)18/h1,4-7H,3,8-12H2,(H,23,24). The molecule has 0 saturated carbocycles. The van der Waals surface area contributed by atoms with Crippen molar-refractivity contribution < 1.29 is 14.7 Å². The Balaban J connectivity index is 1.97. The first-order chi connectivity index (χ1) is 11.5. The third-order valence-electron chi connectivity index (χ3n) is 3.79. The first-order valence-corrected chi connectivity index (χ1v) is 7.94. The van der Waals surface area contributed by atoms with Gasteiger partial charge in [0, 0.05) is 37.3 Å². The second kappa shape index (κ2) is 7.93. The lowest BCUT2D eigenvalue weighted by Gasteiger charge is -2.22. The highest BCUT2D eigenvalue weighted by Crippen LogP contribution is 2.37. The van der Waals surface area contributed by atoms with Crippen molar-refractivity contribution in [3.05, 3.63) is 34.9 Å². The van der Waals surface area contributed by atoms with E-state index in [0.29, 0.717) is 29.8 Å². The predicted octanol–water partition coefficient (Wildman–Crippen LogP) is 3.11. The molecule has 1 amide bonds. The number of nitrogens with zero attached hydrogens (tertiary/aromatic N) is 3. The summed E-state index contributed by atoms with van der Waals surface area (Å²) in [6.07, 6.45) is 6.99. The lowest BCUT2D eigenvalue weighted by Crippen LogP contribution is -2.35. The maximum atomic E-state index is 12.4. The van der Waals surface area contributed by atoms with Crippen LogP contribution in [0.3, 0.4) is 0 Å². The number of carbonyl (C=O) groups excluding carboxylic acids is 1. The first kappa shape index (κ1) is 18.0. The summed E-state index contributed by atoms with van der Waals surface area (Å²) in [6, 6.07) is 7.05. The zero-order chi connectivity index (χ0) is 17.6. The van der Waals surface area contributed by atoms with Gasteiger partial charge in [-0.05, 0) is 11.6 Å². The van der Waals surface area contributed by atoms with Crippen LogP contribution in [0, 0.1) is 12.3 Å². The molecule has 1 heterocycles. The number of carboxylic acids is 1. The summed E-state index contributed by atoms with van der Waals surface area (Å²) in [5.74, 6) is 1.19. The van der Waals surface area contributed by atoms with Gasteiger partial charge < -0.3 is 10.0 Å². The van der Waals surface area contributed by atoms with E-state index in [0.717, 1.165) is 0 Å². The van der Waals surface area contributed by atoms with Crippen LogP contribution < -0.4 is 0 Å². The van der Waals surface area contributed by atoms with E-state index in [1.807, 2.05) is 0 Å². The lowest BCUT2D eigenvalue weighted by atomic mass is 10.0. The Morgan fingerprint density at radius 2 is 2.00 bits per heavy atom. The van der Waals surface area contributed by atoms with Crippen molar-refractivity contribution >= 4 is 23.5 Å². The van der Waals surface area contributed by atoms with Crippen molar-refractivity contribution in [2.75, 3.05) is 6.54 Å². The summed E-state index contributed by atoms with van der Waals surface area (Å²) >= 11 is 6.09. The molecular formula is C17H18ClN3O3. The van der Waals surface area contributed by atoms with Gasteiger partial charge in [0.1, 0.15) is 6.54 Å². The average Bonchev–Trinajstić information content (AvgIpc) is 3.32. The van der Waals surface area contributed by atoms with Crippen LogP contribution in [0.4, 0.5) is 0 Å². The van der Waals surface area contributed by atoms with Crippen LogP contribution in [-0.4, -0.2) is 34.1 Å². The summed E-state index contributed by atoms with van der Waals surface area (Å²) in [5, 5.41) is 17.5. The number of aliphatic carboxylic acids is 1. The summed E-state index contributed by atoms with van der Waals surface area (Å²) < 4.78 is 0. The van der Waals surface area contributed by atoms with Gasteiger partial charge in [-0.25, -0.2) is 0 Å². The van der Waals surface area contributed by atoms with Gasteiger partial charge in [-0.1, -0.05) is 29.8 Å². The highest BCUT2D eigenvalue weighted by Gasteiger charge is 2.39. The average molecular weight is 348 g/mol. The van der Waals surface area contributed by atoms with Crippen LogP contribution in [0.5, 0.6) is 0 Å². The van der Waals surface area contributed by atoms with Gasteiger partial charge in [-0.2, -0.15) is 10.2 Å². The number of hydrogen-bond donors (Lipinski definition) is 1. The molecular weight excluding hydrogens is 330 g/mol. The van der Waals surface area contributed by atoms with Crippen LogP contribution in [0.15, 0.2) is 34.5 Å². The Morgan fingerprint density at radius 3 is 2.58 bits per heavy atom. The highest BCUT2D eigenvalue weighted by molar-refractivity contribution is 6.31. The molecule has 7 heteroatoms. The monoisotopic (exact) mass is 347 g/mol. The first-order valence-electron chi connectivity index (χ1n) is 7.56. The topological polar surface area (TPSA) is 82.3 Å². The summed E-state index contributed by atoms with van der Waals surface area (Å²) in [7, 11) is 0. The number of rotatable bonds is 9. The van der Waals surface area contributed by atoms with E-state index in [4.69, 9.17) is 23.1 Å². The molecule has 1 aliphatic rings. The Kier molecular flexibility index (Phi) is 5.93. The quantitative estimate of drug-likeness (QED) is 0.697. The van der Waals surface area contributed by atoms with E-state index in [1.54, 1.807) is 24.3 Å². The van der Waals surface area contributed by atoms with Gasteiger partial charge in [0.15, 0.2) is 5.66 Å². The Hall–Kier alpha value is -2.39. The van der Waals surface area contributed by atoms with Crippen molar-refractivity contribution in [3.63, 3.8) is 0 Å². The Bertz CT molecular complexity index is 691. The van der Waals surface area contributed by atoms with E-state index in [2.05, 4.69) is 16.1 Å². The molecule has 0 unspecified atom stereocenters. The van der Waals surface area contributed by atoms with E-state index < -0.39 is 11.6 Å². The molecule has 0 bridgehead atoms. The largest absolute Gasteiger partial charge is 0.480 e. The molecule has 1 aromatic carbocycles. The number of carbonyl (C=O) groups is 2. The number of amides is 1. The maximum Gasteiger partial charge on any atom is 0.323 e. The van der Waals surface area contributed by atoms with E-state index >= 15 is 0 Å². The third kappa shape index (κ3) is 5.07. The molecule has 126 valence electrons. The van der Waals surface area contributed by atoms with Crippen LogP contribution in [0.2, 0.25) is 5.02 Å². The third-order valence-corrected chi connectivity index (χ3v) is 4.16. The highest BCUT2D eigenvalue weighted by atomic mass is 35.5. The lowest BCUT2D eigenvalue weighted by molar-refractivity contribution is -0.145. The maximum absolute atomic E-state index is 12.4. The fraction of sp³-hybridized carbons (Fsp3) is 0.412. The van der Waals surface area contributed by atoms with Crippen molar-refractivity contribution in [3.8, 4) is 12.3 Å². The molecule has 0 spiro atoms. The van der Waals surface area contributed by atoms with Gasteiger partial charge in [-0.3, -0.25) is 9.59 Å². The van der Waals surface area contributed by atoms with Crippen LogP contribution in [0.1, 0.15) is 31.2 Å². The molecule has 0 aromatic heterocycles. The van der Waals surface area contributed by atoms with E-state index in [-0.39, 0.29) is 25.4 Å². The minimum atomic E-state index is -1.07. The molecule has 1 N–H and O–H groups in total. The smallest absolute Gasteiger partial charge is 0.323 e. The number of terminal acetylenes is 1. The molecule has 0 fully saturated rings. The Labute approximate surface area is 145 Å². The zero-order valence-electron chi connectivity index (χ0n) is 13.1. The molecule has 1 aromatic rings. The summed E-state index contributed by atoms with van der Waals surface area (Å²) in [6.45, 7) is -0.230. The molecule has 1 aliphatic heterocycles. The van der Waals surface area contributed by atoms with Crippen molar-refractivity contribution in [1.82, 2.24) is 4.90 Å². The zero-order valence-corrected chi connectivity index (χ0v) is 13.9. The summed E-state index contributed by atoms with van der Waals surface area (Å²) in [4.78, 5) is 24.8. The fourth-order valence-corrected chi connectivity index (χ4v) is 2.56. The Morgan fingerprint density at radius 1 is 1.29 bits per heavy atom. The molecule has 24 heavy (non-hydrogen) atoms. The van der Waals surface area contributed by atoms with Gasteiger partial charge in [0.25, 0.3) is 0 Å². The fourth-order valence-electron chi connectivity index (χ4n) is 2.36. The molecule has 2 rings (SSSR count). The predicted molar refractivity (Wildman–Crippen MR) is 89.4 cm³/mol. The summed E-state index contributed by atoms with van der Waals surface area (Å²) in [5.41, 5.74) is 0.151. The minimum Gasteiger partial charge on any atom is -0.480 e. The molecule has 0 radical (unpaired) electrons. The molecule has 6 nitrogen and oxygen atoms in total. The van der Waals surface area contributed by atoms with E-state index in [1.165, 1.54) is 4.90 Å². The van der Waals surface area contributed by atoms with Gasteiger partial charge >= 0.3 is 5.97 Å². The van der Waals surface area contributed by atoms with Crippen LogP contribution in [0.25, 0.3) is 0 Å². The second-order valence-electron chi connectivity index (χ2n) is 5.62. The van der Waals surface area contributed by atoms with Gasteiger partial charge in [-0.15, -0.1) is 12.3 Å².